The number of carbonyl (C=O) groups is 1. The van der Waals surface area contributed by atoms with Gasteiger partial charge in [0.15, 0.2) is 17.3 Å². The average Bonchev–Trinajstić information content (AvgIpc) is 3.30. The lowest BCUT2D eigenvalue weighted by Gasteiger charge is -2.12. The number of amides is 1. The van der Waals surface area contributed by atoms with Gasteiger partial charge >= 0.3 is 0 Å². The summed E-state index contributed by atoms with van der Waals surface area (Å²) in [5.41, 5.74) is 1.62. The Labute approximate surface area is 151 Å². The molecule has 0 saturated carbocycles. The molecule has 0 aliphatic heterocycles. The molecule has 0 atom stereocenters. The highest BCUT2D eigenvalue weighted by Gasteiger charge is 2.11. The molecule has 26 heavy (non-hydrogen) atoms. The Kier molecular flexibility index (Phi) is 5.58. The number of nitrogens with one attached hydrogen (secondary N) is 1. The molecule has 2 aromatic heterocycles. The van der Waals surface area contributed by atoms with Crippen molar-refractivity contribution >= 4 is 11.6 Å². The second kappa shape index (κ2) is 8.24. The molecule has 1 amide bonds. The molecule has 1 aromatic carbocycles. The highest BCUT2D eigenvalue weighted by molar-refractivity contribution is 6.02. The van der Waals surface area contributed by atoms with Crippen LogP contribution < -0.4 is 14.8 Å². The number of hydrogen-bond acceptors (Lipinski definition) is 5. The number of benzene rings is 1. The third kappa shape index (κ3) is 4.24. The summed E-state index contributed by atoms with van der Waals surface area (Å²) in [5, 5.41) is 7.03. The zero-order chi connectivity index (χ0) is 18.4. The standard InChI is InChI=1S/C19H21N3O4/c1-3-24-16-8-7-14(10-18(16)25-4-2)12-22-13-15(11-20-22)21-19(23)17-6-5-9-26-17/h5-11,13H,3-4,12H2,1-2H3,(H,21,23). The summed E-state index contributed by atoms with van der Waals surface area (Å²) >= 11 is 0. The van der Waals surface area contributed by atoms with Crippen LogP contribution in [0.25, 0.3) is 0 Å². The molecule has 1 N–H and O–H groups in total. The smallest absolute Gasteiger partial charge is 0.291 e. The quantitative estimate of drug-likeness (QED) is 0.668. The van der Waals surface area contributed by atoms with Gasteiger partial charge in [-0.15, -0.1) is 0 Å². The molecular weight excluding hydrogens is 334 g/mol. The summed E-state index contributed by atoms with van der Waals surface area (Å²) in [6.07, 6.45) is 4.82. The van der Waals surface area contributed by atoms with E-state index in [0.29, 0.717) is 31.2 Å². The summed E-state index contributed by atoms with van der Waals surface area (Å²) < 4.78 is 18.0. The van der Waals surface area contributed by atoms with Gasteiger partial charge < -0.3 is 19.2 Å². The van der Waals surface area contributed by atoms with Crippen molar-refractivity contribution < 1.29 is 18.7 Å². The van der Waals surface area contributed by atoms with Crippen LogP contribution in [-0.4, -0.2) is 28.9 Å². The molecule has 0 aliphatic rings. The number of ether oxygens (including phenoxy) is 2. The Bertz CT molecular complexity index is 856. The van der Waals surface area contributed by atoms with Gasteiger partial charge in [0.05, 0.1) is 37.9 Å². The molecule has 0 radical (unpaired) electrons. The first kappa shape index (κ1) is 17.6. The molecule has 3 rings (SSSR count). The highest BCUT2D eigenvalue weighted by Crippen LogP contribution is 2.28. The molecule has 0 aliphatic carbocycles. The maximum absolute atomic E-state index is 12.0. The minimum atomic E-state index is -0.311. The topological polar surface area (TPSA) is 78.5 Å². The Balaban J connectivity index is 1.68. The van der Waals surface area contributed by atoms with Crippen LogP contribution in [0.3, 0.4) is 0 Å². The van der Waals surface area contributed by atoms with Crippen molar-refractivity contribution in [2.75, 3.05) is 18.5 Å². The van der Waals surface area contributed by atoms with E-state index in [0.717, 1.165) is 11.3 Å². The molecule has 0 saturated heterocycles. The van der Waals surface area contributed by atoms with E-state index in [1.54, 1.807) is 29.2 Å². The second-order valence-electron chi connectivity index (χ2n) is 5.51. The first-order valence-electron chi connectivity index (χ1n) is 8.45. The van der Waals surface area contributed by atoms with Gasteiger partial charge in [-0.05, 0) is 43.7 Å². The first-order chi connectivity index (χ1) is 12.7. The van der Waals surface area contributed by atoms with Crippen molar-refractivity contribution in [2.45, 2.75) is 20.4 Å². The SMILES string of the molecule is CCOc1ccc(Cn2cc(NC(=O)c3ccco3)cn2)cc1OCC. The summed E-state index contributed by atoms with van der Waals surface area (Å²) in [6.45, 7) is 5.56. The van der Waals surface area contributed by atoms with Crippen LogP contribution >= 0.6 is 0 Å². The molecule has 3 aromatic rings. The van der Waals surface area contributed by atoms with Crippen molar-refractivity contribution in [3.63, 3.8) is 0 Å². The van der Waals surface area contributed by atoms with E-state index in [4.69, 9.17) is 13.9 Å². The fourth-order valence-electron chi connectivity index (χ4n) is 2.50. The van der Waals surface area contributed by atoms with E-state index in [1.165, 1.54) is 6.26 Å². The van der Waals surface area contributed by atoms with E-state index in [2.05, 4.69) is 10.4 Å². The molecular formula is C19H21N3O4. The van der Waals surface area contributed by atoms with Gasteiger partial charge in [0.2, 0.25) is 0 Å². The molecule has 136 valence electrons. The van der Waals surface area contributed by atoms with E-state index in [-0.39, 0.29) is 11.7 Å². The largest absolute Gasteiger partial charge is 0.490 e. The number of rotatable bonds is 8. The number of nitrogens with zero attached hydrogens (tertiary/aromatic N) is 2. The van der Waals surface area contributed by atoms with Gasteiger partial charge in [-0.1, -0.05) is 6.07 Å². The zero-order valence-corrected chi connectivity index (χ0v) is 14.8. The van der Waals surface area contributed by atoms with Crippen LogP contribution in [0.1, 0.15) is 30.0 Å². The third-order valence-corrected chi connectivity index (χ3v) is 3.59. The summed E-state index contributed by atoms with van der Waals surface area (Å²) in [6, 6.07) is 9.08. The maximum Gasteiger partial charge on any atom is 0.291 e. The fraction of sp³-hybridized carbons (Fsp3) is 0.263. The van der Waals surface area contributed by atoms with Crippen LogP contribution in [0.4, 0.5) is 5.69 Å². The van der Waals surface area contributed by atoms with E-state index in [1.807, 2.05) is 32.0 Å². The van der Waals surface area contributed by atoms with Crippen molar-refractivity contribution in [3.8, 4) is 11.5 Å². The lowest BCUT2D eigenvalue weighted by atomic mass is 10.2. The summed E-state index contributed by atoms with van der Waals surface area (Å²) in [7, 11) is 0. The zero-order valence-electron chi connectivity index (χ0n) is 14.8. The molecule has 7 nitrogen and oxygen atoms in total. The van der Waals surface area contributed by atoms with Gasteiger partial charge in [-0.3, -0.25) is 9.48 Å². The summed E-state index contributed by atoms with van der Waals surface area (Å²) in [5.74, 6) is 1.38. The molecule has 0 bridgehead atoms. The highest BCUT2D eigenvalue weighted by atomic mass is 16.5. The molecule has 0 spiro atoms. The monoisotopic (exact) mass is 355 g/mol. The minimum Gasteiger partial charge on any atom is -0.490 e. The van der Waals surface area contributed by atoms with Crippen LogP contribution in [0, 0.1) is 0 Å². The van der Waals surface area contributed by atoms with E-state index in [9.17, 15) is 4.79 Å². The normalized spacial score (nSPS) is 10.5. The van der Waals surface area contributed by atoms with Crippen molar-refractivity contribution in [1.82, 2.24) is 9.78 Å². The predicted molar refractivity (Wildman–Crippen MR) is 96.8 cm³/mol. The lowest BCUT2D eigenvalue weighted by molar-refractivity contribution is 0.0996. The maximum atomic E-state index is 12.0. The first-order valence-corrected chi connectivity index (χ1v) is 8.45. The van der Waals surface area contributed by atoms with E-state index < -0.39 is 0 Å². The van der Waals surface area contributed by atoms with Gasteiger partial charge in [0.1, 0.15) is 0 Å². The van der Waals surface area contributed by atoms with Crippen LogP contribution in [0.15, 0.2) is 53.4 Å². The molecule has 2 heterocycles. The predicted octanol–water partition coefficient (Wildman–Crippen LogP) is 3.57. The Hall–Kier alpha value is -3.22. The van der Waals surface area contributed by atoms with E-state index >= 15 is 0 Å². The Morgan fingerprint density at radius 2 is 2.00 bits per heavy atom. The third-order valence-electron chi connectivity index (χ3n) is 3.59. The van der Waals surface area contributed by atoms with Gasteiger partial charge in [-0.25, -0.2) is 0 Å². The van der Waals surface area contributed by atoms with Crippen molar-refractivity contribution in [1.29, 1.82) is 0 Å². The fourth-order valence-corrected chi connectivity index (χ4v) is 2.50. The number of furan rings is 1. The average molecular weight is 355 g/mol. The van der Waals surface area contributed by atoms with Crippen LogP contribution in [-0.2, 0) is 6.54 Å². The Morgan fingerprint density at radius 1 is 1.19 bits per heavy atom. The van der Waals surface area contributed by atoms with Crippen molar-refractivity contribution in [2.24, 2.45) is 0 Å². The van der Waals surface area contributed by atoms with Crippen LogP contribution in [0.5, 0.6) is 11.5 Å². The number of anilines is 1. The minimum absolute atomic E-state index is 0.255. The number of hydrogen-bond donors (Lipinski definition) is 1. The summed E-state index contributed by atoms with van der Waals surface area (Å²) in [4.78, 5) is 12.0. The second-order valence-corrected chi connectivity index (χ2v) is 5.51. The van der Waals surface area contributed by atoms with Crippen molar-refractivity contribution in [3.05, 3.63) is 60.3 Å². The van der Waals surface area contributed by atoms with Gasteiger partial charge in [0.25, 0.3) is 5.91 Å². The van der Waals surface area contributed by atoms with Gasteiger partial charge in [-0.2, -0.15) is 5.10 Å². The van der Waals surface area contributed by atoms with Crippen LogP contribution in [0.2, 0.25) is 0 Å². The molecule has 0 fully saturated rings. The Morgan fingerprint density at radius 3 is 2.73 bits per heavy atom. The van der Waals surface area contributed by atoms with Gasteiger partial charge in [0, 0.05) is 6.20 Å². The number of aromatic nitrogens is 2. The number of carbonyl (C=O) groups excluding carboxylic acids is 1. The lowest BCUT2D eigenvalue weighted by Crippen LogP contribution is -2.10. The molecule has 7 heteroatoms. The molecule has 0 unspecified atom stereocenters.